The van der Waals surface area contributed by atoms with Gasteiger partial charge in [-0.15, -0.1) is 0 Å². The second-order valence-corrected chi connectivity index (χ2v) is 7.64. The normalized spacial score (nSPS) is 12.3. The van der Waals surface area contributed by atoms with Gasteiger partial charge in [0, 0.05) is 56.7 Å². The first kappa shape index (κ1) is 18.3. The van der Waals surface area contributed by atoms with E-state index in [0.29, 0.717) is 0 Å². The third-order valence-corrected chi connectivity index (χ3v) is 5.82. The summed E-state index contributed by atoms with van der Waals surface area (Å²) in [4.78, 5) is 3.35. The van der Waals surface area contributed by atoms with Crippen LogP contribution < -0.4 is 16.6 Å². The van der Waals surface area contributed by atoms with E-state index < -0.39 is 0 Å². The summed E-state index contributed by atoms with van der Waals surface area (Å²) in [7, 11) is 0. The topological polar surface area (TPSA) is 76.0 Å². The van der Waals surface area contributed by atoms with E-state index in [1.165, 1.54) is 21.8 Å². The van der Waals surface area contributed by atoms with Crippen molar-refractivity contribution in [1.82, 2.24) is 9.55 Å². The highest BCUT2D eigenvalue weighted by molar-refractivity contribution is 6.09. The van der Waals surface area contributed by atoms with Gasteiger partial charge in [-0.2, -0.15) is 0 Å². The van der Waals surface area contributed by atoms with Crippen LogP contribution in [0.5, 0.6) is 0 Å². The fourth-order valence-electron chi connectivity index (χ4n) is 4.42. The van der Waals surface area contributed by atoms with Crippen LogP contribution in [0.1, 0.15) is 18.2 Å². The Hall–Kier alpha value is -3.70. The summed E-state index contributed by atoms with van der Waals surface area (Å²) < 4.78 is 2.33. The summed E-state index contributed by atoms with van der Waals surface area (Å²) in [5.74, 6) is 6.58. The molecular weight excluding hydrogens is 370 g/mol. The molecule has 0 fully saturated rings. The van der Waals surface area contributed by atoms with E-state index in [1.54, 1.807) is 11.2 Å². The van der Waals surface area contributed by atoms with E-state index in [2.05, 4.69) is 84.1 Å². The van der Waals surface area contributed by atoms with Crippen molar-refractivity contribution >= 4 is 44.1 Å². The Morgan fingerprint density at radius 3 is 2.60 bits per heavy atom. The molecule has 0 radical (unpaired) electrons. The summed E-state index contributed by atoms with van der Waals surface area (Å²) in [6.07, 6.45) is 1.57. The summed E-state index contributed by atoms with van der Waals surface area (Å²) >= 11 is 0. The molecule has 5 N–H and O–H groups in total. The number of aromatic nitrogens is 2. The highest BCUT2D eigenvalue weighted by Crippen LogP contribution is 2.33. The number of hydrazine groups is 1. The number of aromatic amines is 1. The Bertz CT molecular complexity index is 1420. The summed E-state index contributed by atoms with van der Waals surface area (Å²) in [6, 6.07) is 23.2. The molecule has 0 bridgehead atoms. The Balaban J connectivity index is 1.61. The van der Waals surface area contributed by atoms with Gasteiger partial charge in [0.25, 0.3) is 0 Å². The van der Waals surface area contributed by atoms with Crippen molar-refractivity contribution in [2.45, 2.75) is 20.4 Å². The molecule has 5 nitrogen and oxygen atoms in total. The summed E-state index contributed by atoms with van der Waals surface area (Å²) in [6.45, 7) is 5.14. The molecule has 5 rings (SSSR count). The van der Waals surface area contributed by atoms with Crippen LogP contribution in [0, 0.1) is 6.92 Å². The van der Waals surface area contributed by atoms with Crippen LogP contribution in [0.2, 0.25) is 0 Å². The van der Waals surface area contributed by atoms with Crippen molar-refractivity contribution in [2.24, 2.45) is 11.6 Å². The van der Waals surface area contributed by atoms with Crippen LogP contribution in [0.15, 0.2) is 72.9 Å². The molecule has 0 unspecified atom stereocenters. The number of aryl methyl sites for hydroxylation is 2. The zero-order chi connectivity index (χ0) is 20.8. The monoisotopic (exact) mass is 395 g/mol. The maximum Gasteiger partial charge on any atom is 0.0802 e. The molecule has 30 heavy (non-hydrogen) atoms. The number of benzene rings is 3. The Kier molecular flexibility index (Phi) is 4.26. The molecule has 0 atom stereocenters. The number of nitrogens with two attached hydrogens (primary N) is 2. The molecule has 150 valence electrons. The molecule has 0 aliphatic heterocycles. The Morgan fingerprint density at radius 2 is 1.80 bits per heavy atom. The predicted octanol–water partition coefficient (Wildman–Crippen LogP) is 5.24. The number of hydrogen-bond donors (Lipinski definition) is 3. The van der Waals surface area contributed by atoms with Gasteiger partial charge in [0.15, 0.2) is 0 Å². The van der Waals surface area contributed by atoms with Crippen molar-refractivity contribution < 1.29 is 0 Å². The highest BCUT2D eigenvalue weighted by atomic mass is 15.4. The first-order valence-corrected chi connectivity index (χ1v) is 10.2. The quantitative estimate of drug-likeness (QED) is 0.288. The minimum Gasteiger partial charge on any atom is -0.403 e. The average molecular weight is 396 g/mol. The molecule has 3 aromatic carbocycles. The Labute approximate surface area is 175 Å². The van der Waals surface area contributed by atoms with E-state index in [0.717, 1.165) is 40.1 Å². The smallest absolute Gasteiger partial charge is 0.0802 e. The van der Waals surface area contributed by atoms with E-state index in [9.17, 15) is 0 Å². The third-order valence-electron chi connectivity index (χ3n) is 5.82. The molecule has 0 amide bonds. The first-order valence-electron chi connectivity index (χ1n) is 10.2. The molecule has 5 heteroatoms. The maximum atomic E-state index is 6.58. The van der Waals surface area contributed by atoms with Gasteiger partial charge in [-0.05, 0) is 56.3 Å². The van der Waals surface area contributed by atoms with Gasteiger partial charge in [-0.1, -0.05) is 24.3 Å². The second kappa shape index (κ2) is 6.97. The van der Waals surface area contributed by atoms with Crippen LogP contribution in [0.3, 0.4) is 0 Å². The molecule has 0 spiro atoms. The van der Waals surface area contributed by atoms with Crippen LogP contribution >= 0.6 is 0 Å². The summed E-state index contributed by atoms with van der Waals surface area (Å²) in [5, 5.41) is 5.22. The zero-order valence-electron chi connectivity index (χ0n) is 17.2. The van der Waals surface area contributed by atoms with Gasteiger partial charge in [-0.25, -0.2) is 5.84 Å². The molecule has 5 aromatic rings. The number of para-hydroxylation sites is 1. The number of nitrogens with zero attached hydrogens (tertiary/aromatic N) is 2. The van der Waals surface area contributed by atoms with Crippen LogP contribution in [0.25, 0.3) is 38.4 Å². The summed E-state index contributed by atoms with van der Waals surface area (Å²) in [5.41, 5.74) is 13.3. The van der Waals surface area contributed by atoms with E-state index in [1.807, 2.05) is 6.07 Å². The van der Waals surface area contributed by atoms with Gasteiger partial charge in [0.2, 0.25) is 0 Å². The standard InChI is InChI=1S/C25H25N5/c1-3-29-23-7-5-4-6-20(23)21-14-19(9-11-24(21)29)30(27)25(15-26)17-8-10-22-18(13-17)12-16(2)28-22/h4-15,28H,3,26-27H2,1-2H3/b25-15-. The zero-order valence-corrected chi connectivity index (χ0v) is 17.2. The SMILES string of the molecule is CCn1c2ccccc2c2cc(N(N)/C(=C\N)c3ccc4[nH]c(C)cc4c3)ccc21. The average Bonchev–Trinajstić information content (AvgIpc) is 3.29. The lowest BCUT2D eigenvalue weighted by Gasteiger charge is -2.22. The van der Waals surface area contributed by atoms with Gasteiger partial charge in [0.1, 0.15) is 0 Å². The molecule has 0 aliphatic rings. The molecule has 0 saturated carbocycles. The second-order valence-electron chi connectivity index (χ2n) is 7.64. The fourth-order valence-corrected chi connectivity index (χ4v) is 4.42. The highest BCUT2D eigenvalue weighted by Gasteiger charge is 2.15. The maximum absolute atomic E-state index is 6.58. The minimum atomic E-state index is 0.759. The molecule has 2 heterocycles. The lowest BCUT2D eigenvalue weighted by atomic mass is 10.1. The van der Waals surface area contributed by atoms with Gasteiger partial charge < -0.3 is 15.3 Å². The largest absolute Gasteiger partial charge is 0.403 e. The van der Waals surface area contributed by atoms with Gasteiger partial charge in [-0.3, -0.25) is 5.01 Å². The van der Waals surface area contributed by atoms with Gasteiger partial charge >= 0.3 is 0 Å². The predicted molar refractivity (Wildman–Crippen MR) is 127 cm³/mol. The van der Waals surface area contributed by atoms with Crippen molar-refractivity contribution in [3.05, 3.63) is 84.2 Å². The fraction of sp³-hybridized carbons (Fsp3) is 0.120. The van der Waals surface area contributed by atoms with Crippen LogP contribution in [-0.4, -0.2) is 9.55 Å². The lowest BCUT2D eigenvalue weighted by molar-refractivity contribution is 0.827. The molecular formula is C25H25N5. The number of fused-ring (bicyclic) bond motifs is 4. The van der Waals surface area contributed by atoms with Gasteiger partial charge in [0.05, 0.1) is 11.4 Å². The number of rotatable bonds is 4. The van der Waals surface area contributed by atoms with Crippen molar-refractivity contribution in [3.8, 4) is 0 Å². The lowest BCUT2D eigenvalue weighted by Crippen LogP contribution is -2.29. The number of nitrogens with one attached hydrogen (secondary N) is 1. The van der Waals surface area contributed by atoms with Crippen molar-refractivity contribution in [3.63, 3.8) is 0 Å². The minimum absolute atomic E-state index is 0.759. The van der Waals surface area contributed by atoms with Crippen molar-refractivity contribution in [1.29, 1.82) is 0 Å². The van der Waals surface area contributed by atoms with Crippen LogP contribution in [-0.2, 0) is 6.54 Å². The van der Waals surface area contributed by atoms with E-state index in [4.69, 9.17) is 11.6 Å². The molecule has 0 aliphatic carbocycles. The third kappa shape index (κ3) is 2.75. The number of H-pyrrole nitrogens is 1. The molecule has 2 aromatic heterocycles. The van der Waals surface area contributed by atoms with Crippen molar-refractivity contribution in [2.75, 3.05) is 5.01 Å². The van der Waals surface area contributed by atoms with E-state index >= 15 is 0 Å². The van der Waals surface area contributed by atoms with E-state index in [-0.39, 0.29) is 0 Å². The first-order chi connectivity index (χ1) is 14.6. The van der Waals surface area contributed by atoms with Crippen LogP contribution in [0.4, 0.5) is 5.69 Å². The Morgan fingerprint density at radius 1 is 1.00 bits per heavy atom. The molecule has 0 saturated heterocycles. The number of hydrogen-bond acceptors (Lipinski definition) is 3. The number of anilines is 1.